The van der Waals surface area contributed by atoms with E-state index in [9.17, 15) is 13.2 Å². The van der Waals surface area contributed by atoms with Gasteiger partial charge in [0.2, 0.25) is 5.82 Å². The van der Waals surface area contributed by atoms with Crippen molar-refractivity contribution in [3.63, 3.8) is 0 Å². The molecule has 0 unspecified atom stereocenters. The molecule has 1 heterocycles. The van der Waals surface area contributed by atoms with Crippen LogP contribution in [0.4, 0.5) is 13.2 Å². The van der Waals surface area contributed by atoms with Crippen LogP contribution in [0.2, 0.25) is 0 Å². The van der Waals surface area contributed by atoms with E-state index in [-0.39, 0.29) is 17.3 Å². The van der Waals surface area contributed by atoms with Gasteiger partial charge in [-0.05, 0) is 12.1 Å². The summed E-state index contributed by atoms with van der Waals surface area (Å²) in [6.45, 7) is 0. The van der Waals surface area contributed by atoms with Gasteiger partial charge < -0.3 is 4.52 Å². The number of benzene rings is 1. The lowest BCUT2D eigenvalue weighted by atomic mass is 10.1. The fourth-order valence-electron chi connectivity index (χ4n) is 1.29. The lowest BCUT2D eigenvalue weighted by Crippen LogP contribution is -2.04. The van der Waals surface area contributed by atoms with Gasteiger partial charge in [0.15, 0.2) is 0 Å². The summed E-state index contributed by atoms with van der Waals surface area (Å²) in [6.07, 6.45) is -4.46. The molecule has 0 aliphatic carbocycles. The van der Waals surface area contributed by atoms with E-state index in [1.54, 1.807) is 0 Å². The van der Waals surface area contributed by atoms with Crippen molar-refractivity contribution in [3.05, 3.63) is 35.7 Å². The Bertz CT molecular complexity index is 592. The number of rotatable bonds is 1. The molecule has 9 heteroatoms. The molecule has 3 nitrogen and oxygen atoms in total. The highest BCUT2D eigenvalue weighted by Crippen LogP contribution is 2.38. The summed E-state index contributed by atoms with van der Waals surface area (Å²) < 4.78 is 40.4. The van der Waals surface area contributed by atoms with Crippen LogP contribution < -0.4 is 0 Å². The maximum Gasteiger partial charge on any atom is 0.416 e. The fraction of sp³-hybridized carbons (Fsp3) is 0.200. The van der Waals surface area contributed by atoms with E-state index in [0.29, 0.717) is 0 Å². The zero-order chi connectivity index (χ0) is 14.3. The maximum absolute atomic E-state index is 12.6. The molecule has 102 valence electrons. The highest BCUT2D eigenvalue weighted by atomic mass is 35.6. The molecule has 0 saturated carbocycles. The van der Waals surface area contributed by atoms with E-state index in [4.69, 9.17) is 34.8 Å². The van der Waals surface area contributed by atoms with Crippen molar-refractivity contribution < 1.29 is 17.7 Å². The van der Waals surface area contributed by atoms with Gasteiger partial charge in [-0.2, -0.15) is 18.2 Å². The Morgan fingerprint density at radius 1 is 1.11 bits per heavy atom. The SMILES string of the molecule is FC(F)(F)c1cccc(-c2noc(C(Cl)(Cl)Cl)n2)c1. The predicted octanol–water partition coefficient (Wildman–Crippen LogP) is 4.58. The average molecular weight is 332 g/mol. The molecule has 0 radical (unpaired) electrons. The zero-order valence-corrected chi connectivity index (χ0v) is 11.1. The smallest absolute Gasteiger partial charge is 0.334 e. The van der Waals surface area contributed by atoms with Crippen LogP contribution in [0, 0.1) is 0 Å². The summed E-state index contributed by atoms with van der Waals surface area (Å²) in [5.41, 5.74) is -0.718. The van der Waals surface area contributed by atoms with E-state index < -0.39 is 15.5 Å². The topological polar surface area (TPSA) is 38.9 Å². The number of nitrogens with zero attached hydrogens (tertiary/aromatic N) is 2. The van der Waals surface area contributed by atoms with Crippen molar-refractivity contribution in [2.75, 3.05) is 0 Å². The third-order valence-corrected chi connectivity index (χ3v) is 2.60. The van der Waals surface area contributed by atoms with Crippen molar-refractivity contribution in [1.82, 2.24) is 10.1 Å². The van der Waals surface area contributed by atoms with Gasteiger partial charge >= 0.3 is 6.18 Å². The number of halogens is 6. The Hall–Kier alpha value is -0.980. The Balaban J connectivity index is 2.40. The standard InChI is InChI=1S/C10H4Cl3F3N2O/c11-9(12,13)8-17-7(18-19-8)5-2-1-3-6(4-5)10(14,15)16/h1-4H. The number of hydrogen-bond acceptors (Lipinski definition) is 3. The van der Waals surface area contributed by atoms with Crippen LogP contribution in [-0.2, 0) is 9.97 Å². The highest BCUT2D eigenvalue weighted by molar-refractivity contribution is 6.66. The molecule has 19 heavy (non-hydrogen) atoms. The van der Waals surface area contributed by atoms with Crippen molar-refractivity contribution in [3.8, 4) is 11.4 Å². The van der Waals surface area contributed by atoms with Crippen molar-refractivity contribution in [1.29, 1.82) is 0 Å². The molecule has 2 rings (SSSR count). The third kappa shape index (κ3) is 3.32. The molecule has 0 amide bonds. The van der Waals surface area contributed by atoms with Crippen molar-refractivity contribution >= 4 is 34.8 Å². The van der Waals surface area contributed by atoms with E-state index >= 15 is 0 Å². The third-order valence-electron chi connectivity index (χ3n) is 2.12. The molecule has 0 saturated heterocycles. The van der Waals surface area contributed by atoms with E-state index in [0.717, 1.165) is 12.1 Å². The first kappa shape index (κ1) is 14.4. The van der Waals surface area contributed by atoms with Gasteiger partial charge in [0.25, 0.3) is 9.68 Å². The molecule has 0 aliphatic heterocycles. The van der Waals surface area contributed by atoms with E-state index in [1.807, 2.05) is 0 Å². The number of hydrogen-bond donors (Lipinski definition) is 0. The van der Waals surface area contributed by atoms with Crippen molar-refractivity contribution in [2.45, 2.75) is 9.97 Å². The Morgan fingerprint density at radius 3 is 2.32 bits per heavy atom. The largest absolute Gasteiger partial charge is 0.416 e. The normalized spacial score (nSPS) is 12.7. The van der Waals surface area contributed by atoms with Gasteiger partial charge in [-0.1, -0.05) is 52.1 Å². The van der Waals surface area contributed by atoms with E-state index in [1.165, 1.54) is 12.1 Å². The minimum atomic E-state index is -4.46. The van der Waals surface area contributed by atoms with Crippen LogP contribution >= 0.6 is 34.8 Å². The van der Waals surface area contributed by atoms with E-state index in [2.05, 4.69) is 14.7 Å². The maximum atomic E-state index is 12.6. The molecular weight excluding hydrogens is 327 g/mol. The van der Waals surface area contributed by atoms with Gasteiger partial charge in [-0.3, -0.25) is 0 Å². The lowest BCUT2D eigenvalue weighted by molar-refractivity contribution is -0.137. The van der Waals surface area contributed by atoms with Gasteiger partial charge in [0, 0.05) is 5.56 Å². The lowest BCUT2D eigenvalue weighted by Gasteiger charge is -2.06. The summed E-state index contributed by atoms with van der Waals surface area (Å²) in [5.74, 6) is -0.405. The molecule has 0 spiro atoms. The molecule has 0 aliphatic rings. The summed E-state index contributed by atoms with van der Waals surface area (Å²) in [6, 6.07) is 4.43. The van der Waals surface area contributed by atoms with Gasteiger partial charge in [0.05, 0.1) is 5.56 Å². The monoisotopic (exact) mass is 330 g/mol. The highest BCUT2D eigenvalue weighted by Gasteiger charge is 2.32. The molecular formula is C10H4Cl3F3N2O. The summed E-state index contributed by atoms with van der Waals surface area (Å²) in [7, 11) is 0. The van der Waals surface area contributed by atoms with Gasteiger partial charge in [-0.15, -0.1) is 0 Å². The summed E-state index contributed by atoms with van der Waals surface area (Å²) in [4.78, 5) is 3.73. The molecule has 0 fully saturated rings. The van der Waals surface area contributed by atoms with Gasteiger partial charge in [-0.25, -0.2) is 0 Å². The molecule has 1 aromatic carbocycles. The predicted molar refractivity (Wildman–Crippen MR) is 64.0 cm³/mol. The second-order valence-corrected chi connectivity index (χ2v) is 5.78. The number of aromatic nitrogens is 2. The van der Waals surface area contributed by atoms with Crippen LogP contribution in [0.1, 0.15) is 11.5 Å². The Labute approximate surface area is 120 Å². The number of alkyl halides is 6. The first-order valence-corrected chi connectivity index (χ1v) is 5.90. The molecule has 0 N–H and O–H groups in total. The average Bonchev–Trinajstić information content (AvgIpc) is 2.77. The van der Waals surface area contributed by atoms with Crippen LogP contribution in [0.5, 0.6) is 0 Å². The van der Waals surface area contributed by atoms with Crippen LogP contribution in [0.3, 0.4) is 0 Å². The molecule has 1 aromatic heterocycles. The Kier molecular flexibility index (Phi) is 3.68. The summed E-state index contributed by atoms with van der Waals surface area (Å²) in [5, 5.41) is 3.47. The fourth-order valence-corrected chi connectivity index (χ4v) is 1.52. The molecule has 2 aromatic rings. The van der Waals surface area contributed by atoms with Crippen LogP contribution in [0.25, 0.3) is 11.4 Å². The molecule has 0 bridgehead atoms. The quantitative estimate of drug-likeness (QED) is 0.718. The summed E-state index contributed by atoms with van der Waals surface area (Å²) >= 11 is 16.6. The van der Waals surface area contributed by atoms with Gasteiger partial charge in [0.1, 0.15) is 0 Å². The molecule has 0 atom stereocenters. The first-order valence-electron chi connectivity index (χ1n) is 4.76. The Morgan fingerprint density at radius 2 is 1.79 bits per heavy atom. The van der Waals surface area contributed by atoms with Crippen LogP contribution in [0.15, 0.2) is 28.8 Å². The zero-order valence-electron chi connectivity index (χ0n) is 8.88. The first-order chi connectivity index (χ1) is 8.68. The second kappa shape index (κ2) is 4.85. The minimum Gasteiger partial charge on any atom is -0.334 e. The van der Waals surface area contributed by atoms with Crippen LogP contribution in [-0.4, -0.2) is 10.1 Å². The minimum absolute atomic E-state index is 0.0903. The second-order valence-electron chi connectivity index (χ2n) is 3.50. The van der Waals surface area contributed by atoms with Crippen molar-refractivity contribution in [2.24, 2.45) is 0 Å².